The van der Waals surface area contributed by atoms with Crippen LogP contribution >= 0.6 is 0 Å². The average Bonchev–Trinajstić information content (AvgIpc) is 2.49. The van der Waals surface area contributed by atoms with Gasteiger partial charge in [-0.15, -0.1) is 0 Å². The van der Waals surface area contributed by atoms with E-state index in [0.717, 1.165) is 5.56 Å². The molecule has 6 nitrogen and oxygen atoms in total. The van der Waals surface area contributed by atoms with Crippen molar-refractivity contribution in [1.29, 1.82) is 0 Å². The first-order valence-electron chi connectivity index (χ1n) is 7.19. The molecule has 0 aliphatic carbocycles. The molecule has 6 heteroatoms. The van der Waals surface area contributed by atoms with Crippen LogP contribution in [0.5, 0.6) is 0 Å². The molecule has 0 bridgehead atoms. The second-order valence-electron chi connectivity index (χ2n) is 5.70. The highest BCUT2D eigenvalue weighted by molar-refractivity contribution is 5.88. The van der Waals surface area contributed by atoms with Gasteiger partial charge in [-0.3, -0.25) is 9.59 Å². The van der Waals surface area contributed by atoms with Gasteiger partial charge in [-0.2, -0.15) is 0 Å². The van der Waals surface area contributed by atoms with Gasteiger partial charge in [0.2, 0.25) is 11.8 Å². The number of carbonyl (C=O) groups is 3. The maximum absolute atomic E-state index is 12.4. The SMILES string of the molecule is CN1CC[C@H](C(=O)N(C)Cc2ccc(C(=O)O)cc2)CC1=O. The van der Waals surface area contributed by atoms with E-state index in [1.165, 1.54) is 12.1 Å². The molecule has 0 unspecified atom stereocenters. The van der Waals surface area contributed by atoms with E-state index >= 15 is 0 Å². The molecule has 1 fully saturated rings. The number of amides is 2. The van der Waals surface area contributed by atoms with Crippen LogP contribution in [0, 0.1) is 5.92 Å². The second kappa shape index (κ2) is 6.60. The standard InChI is InChI=1S/C16H20N2O4/c1-17-8-7-13(9-14(17)19)15(20)18(2)10-11-3-5-12(6-4-11)16(21)22/h3-6,13H,7-10H2,1-2H3,(H,21,22)/t13-/m0/s1. The van der Waals surface area contributed by atoms with Crippen LogP contribution in [-0.2, 0) is 16.1 Å². The minimum atomic E-state index is -0.971. The zero-order valence-corrected chi connectivity index (χ0v) is 12.8. The van der Waals surface area contributed by atoms with Crippen molar-refractivity contribution in [1.82, 2.24) is 9.80 Å². The van der Waals surface area contributed by atoms with Gasteiger partial charge < -0.3 is 14.9 Å². The van der Waals surface area contributed by atoms with E-state index in [1.807, 2.05) is 0 Å². The number of hydrogen-bond donors (Lipinski definition) is 1. The first kappa shape index (κ1) is 16.0. The summed E-state index contributed by atoms with van der Waals surface area (Å²) in [6, 6.07) is 6.45. The molecule has 118 valence electrons. The van der Waals surface area contributed by atoms with Gasteiger partial charge in [0.05, 0.1) is 5.56 Å². The van der Waals surface area contributed by atoms with Gasteiger partial charge in [0.25, 0.3) is 0 Å². The van der Waals surface area contributed by atoms with E-state index in [1.54, 1.807) is 36.0 Å². The van der Waals surface area contributed by atoms with Gasteiger partial charge in [0.1, 0.15) is 0 Å². The molecule has 22 heavy (non-hydrogen) atoms. The van der Waals surface area contributed by atoms with E-state index < -0.39 is 5.97 Å². The highest BCUT2D eigenvalue weighted by Gasteiger charge is 2.30. The molecule has 0 saturated carbocycles. The molecule has 1 aliphatic rings. The zero-order chi connectivity index (χ0) is 16.3. The number of benzene rings is 1. The number of likely N-dealkylation sites (tertiary alicyclic amines) is 1. The molecular weight excluding hydrogens is 284 g/mol. The van der Waals surface area contributed by atoms with Crippen LogP contribution < -0.4 is 0 Å². The van der Waals surface area contributed by atoms with Crippen molar-refractivity contribution in [3.8, 4) is 0 Å². The Morgan fingerprint density at radius 2 is 1.95 bits per heavy atom. The summed E-state index contributed by atoms with van der Waals surface area (Å²) in [5.74, 6) is -1.26. The van der Waals surface area contributed by atoms with Gasteiger partial charge >= 0.3 is 5.97 Å². The summed E-state index contributed by atoms with van der Waals surface area (Å²) in [5.41, 5.74) is 1.08. The van der Waals surface area contributed by atoms with Crippen LogP contribution in [0.3, 0.4) is 0 Å². The molecular formula is C16H20N2O4. The third-order valence-electron chi connectivity index (χ3n) is 4.01. The molecule has 0 spiro atoms. The largest absolute Gasteiger partial charge is 0.478 e. The molecule has 1 aromatic rings. The number of hydrogen-bond acceptors (Lipinski definition) is 3. The molecule has 0 radical (unpaired) electrons. The fourth-order valence-corrected chi connectivity index (χ4v) is 2.57. The summed E-state index contributed by atoms with van der Waals surface area (Å²) < 4.78 is 0. The number of nitrogens with zero attached hydrogens (tertiary/aromatic N) is 2. The summed E-state index contributed by atoms with van der Waals surface area (Å²) >= 11 is 0. The van der Waals surface area contributed by atoms with E-state index in [-0.39, 0.29) is 29.7 Å². The van der Waals surface area contributed by atoms with E-state index in [2.05, 4.69) is 0 Å². The maximum atomic E-state index is 12.4. The highest BCUT2D eigenvalue weighted by Crippen LogP contribution is 2.20. The third kappa shape index (κ3) is 3.63. The number of rotatable bonds is 4. The number of carbonyl (C=O) groups excluding carboxylic acids is 2. The van der Waals surface area contributed by atoms with Crippen LogP contribution in [-0.4, -0.2) is 53.3 Å². The molecule has 2 amide bonds. The lowest BCUT2D eigenvalue weighted by Crippen LogP contribution is -2.42. The summed E-state index contributed by atoms with van der Waals surface area (Å²) in [5, 5.41) is 8.86. The molecule has 1 atom stereocenters. The normalized spacial score (nSPS) is 18.2. The highest BCUT2D eigenvalue weighted by atomic mass is 16.4. The first-order valence-corrected chi connectivity index (χ1v) is 7.19. The van der Waals surface area contributed by atoms with E-state index in [9.17, 15) is 14.4 Å². The molecule has 0 aromatic heterocycles. The molecule has 1 aliphatic heterocycles. The average molecular weight is 304 g/mol. The molecule has 1 aromatic carbocycles. The summed E-state index contributed by atoms with van der Waals surface area (Å²) in [6.45, 7) is 1.01. The Bertz CT molecular complexity index is 582. The van der Waals surface area contributed by atoms with Crippen LogP contribution in [0.25, 0.3) is 0 Å². The number of aromatic carboxylic acids is 1. The Kier molecular flexibility index (Phi) is 4.80. The number of piperidine rings is 1. The van der Waals surface area contributed by atoms with E-state index in [4.69, 9.17) is 5.11 Å². The van der Waals surface area contributed by atoms with Gasteiger partial charge in [-0.1, -0.05) is 12.1 Å². The van der Waals surface area contributed by atoms with Crippen LogP contribution in [0.1, 0.15) is 28.8 Å². The van der Waals surface area contributed by atoms with Crippen molar-refractivity contribution >= 4 is 17.8 Å². The minimum absolute atomic E-state index is 0.00353. The first-order chi connectivity index (χ1) is 10.4. The lowest BCUT2D eigenvalue weighted by atomic mass is 9.95. The predicted octanol–water partition coefficient (Wildman–Crippen LogP) is 1.21. The fraction of sp³-hybridized carbons (Fsp3) is 0.438. The van der Waals surface area contributed by atoms with E-state index in [0.29, 0.717) is 19.5 Å². The van der Waals surface area contributed by atoms with Crippen molar-refractivity contribution < 1.29 is 19.5 Å². The molecule has 2 rings (SSSR count). The predicted molar refractivity (Wildman–Crippen MR) is 80.2 cm³/mol. The van der Waals surface area contributed by atoms with Crippen molar-refractivity contribution in [3.05, 3.63) is 35.4 Å². The molecule has 1 heterocycles. The Labute approximate surface area is 129 Å². The van der Waals surface area contributed by atoms with Crippen molar-refractivity contribution in [2.75, 3.05) is 20.6 Å². The van der Waals surface area contributed by atoms with Crippen LogP contribution in [0.2, 0.25) is 0 Å². The summed E-state index contributed by atoms with van der Waals surface area (Å²) in [6.07, 6.45) is 0.945. The lowest BCUT2D eigenvalue weighted by molar-refractivity contribution is -0.143. The van der Waals surface area contributed by atoms with Gasteiger partial charge in [0.15, 0.2) is 0 Å². The third-order valence-corrected chi connectivity index (χ3v) is 4.01. The Hall–Kier alpha value is -2.37. The smallest absolute Gasteiger partial charge is 0.335 e. The number of carboxylic acid groups (broad SMARTS) is 1. The quantitative estimate of drug-likeness (QED) is 0.907. The van der Waals surface area contributed by atoms with Gasteiger partial charge in [0, 0.05) is 39.5 Å². The Balaban J connectivity index is 1.96. The van der Waals surface area contributed by atoms with Crippen molar-refractivity contribution in [2.45, 2.75) is 19.4 Å². The van der Waals surface area contributed by atoms with Crippen LogP contribution in [0.4, 0.5) is 0 Å². The van der Waals surface area contributed by atoms with Gasteiger partial charge in [-0.25, -0.2) is 4.79 Å². The zero-order valence-electron chi connectivity index (χ0n) is 12.8. The van der Waals surface area contributed by atoms with Gasteiger partial charge in [-0.05, 0) is 24.1 Å². The Morgan fingerprint density at radius 1 is 1.32 bits per heavy atom. The summed E-state index contributed by atoms with van der Waals surface area (Å²) in [4.78, 5) is 38.1. The minimum Gasteiger partial charge on any atom is -0.478 e. The second-order valence-corrected chi connectivity index (χ2v) is 5.70. The van der Waals surface area contributed by atoms with Crippen molar-refractivity contribution in [2.24, 2.45) is 5.92 Å². The topological polar surface area (TPSA) is 77.9 Å². The lowest BCUT2D eigenvalue weighted by Gasteiger charge is -2.30. The fourth-order valence-electron chi connectivity index (χ4n) is 2.57. The van der Waals surface area contributed by atoms with Crippen molar-refractivity contribution in [3.63, 3.8) is 0 Å². The molecule has 1 saturated heterocycles. The summed E-state index contributed by atoms with van der Waals surface area (Å²) in [7, 11) is 3.45. The van der Waals surface area contributed by atoms with Crippen LogP contribution in [0.15, 0.2) is 24.3 Å². The number of carboxylic acids is 1. The Morgan fingerprint density at radius 3 is 2.50 bits per heavy atom. The molecule has 1 N–H and O–H groups in total. The monoisotopic (exact) mass is 304 g/mol. The maximum Gasteiger partial charge on any atom is 0.335 e.